The first-order valence-corrected chi connectivity index (χ1v) is 9.79. The lowest BCUT2D eigenvalue weighted by molar-refractivity contribution is -0.139. The van der Waals surface area contributed by atoms with Gasteiger partial charge in [-0.1, -0.05) is 30.3 Å². The van der Waals surface area contributed by atoms with Crippen LogP contribution in [0.2, 0.25) is 0 Å². The lowest BCUT2D eigenvalue weighted by Gasteiger charge is -2.20. The first-order chi connectivity index (χ1) is 11.0. The molecule has 128 valence electrons. The third-order valence-electron chi connectivity index (χ3n) is 3.94. The zero-order chi connectivity index (χ0) is 16.7. The molecule has 6 nitrogen and oxygen atoms in total. The van der Waals surface area contributed by atoms with E-state index in [1.54, 1.807) is 24.3 Å². The van der Waals surface area contributed by atoms with E-state index in [1.165, 1.54) is 0 Å². The third-order valence-corrected chi connectivity index (χ3v) is 5.45. The SMILES string of the molecule is O=C(O)C(CCCC1CCCO1)NP(=O)(O)Cc1ccccc1. The first kappa shape index (κ1) is 18.1. The van der Waals surface area contributed by atoms with E-state index in [0.29, 0.717) is 18.4 Å². The van der Waals surface area contributed by atoms with Crippen LogP contribution in [0.5, 0.6) is 0 Å². The van der Waals surface area contributed by atoms with Crippen LogP contribution >= 0.6 is 7.52 Å². The molecular formula is C16H24NO5P. The summed E-state index contributed by atoms with van der Waals surface area (Å²) in [5.74, 6) is -1.10. The number of carboxylic acid groups (broad SMARTS) is 1. The van der Waals surface area contributed by atoms with Crippen LogP contribution in [-0.4, -0.2) is 34.7 Å². The molecule has 7 heteroatoms. The van der Waals surface area contributed by atoms with Crippen molar-refractivity contribution in [3.05, 3.63) is 35.9 Å². The number of rotatable bonds is 9. The molecule has 23 heavy (non-hydrogen) atoms. The zero-order valence-electron chi connectivity index (χ0n) is 13.1. The molecule has 0 saturated carbocycles. The molecule has 0 bridgehead atoms. The van der Waals surface area contributed by atoms with Gasteiger partial charge in [0.05, 0.1) is 12.3 Å². The van der Waals surface area contributed by atoms with Crippen molar-refractivity contribution in [1.29, 1.82) is 0 Å². The standard InChI is InChI=1S/C16H24NO5P/c18-16(19)15(10-4-8-14-9-5-11-22-14)17-23(20,21)12-13-6-2-1-3-7-13/h1-3,6-7,14-15H,4-5,8-12H2,(H,18,19)(H2,17,20,21). The van der Waals surface area contributed by atoms with E-state index in [9.17, 15) is 19.4 Å². The van der Waals surface area contributed by atoms with Crippen LogP contribution in [0.4, 0.5) is 0 Å². The van der Waals surface area contributed by atoms with Gasteiger partial charge in [0, 0.05) is 6.61 Å². The van der Waals surface area contributed by atoms with Gasteiger partial charge < -0.3 is 14.7 Å². The van der Waals surface area contributed by atoms with Crippen molar-refractivity contribution < 1.29 is 24.1 Å². The van der Waals surface area contributed by atoms with Gasteiger partial charge in [0.2, 0.25) is 0 Å². The Labute approximate surface area is 136 Å². The van der Waals surface area contributed by atoms with Crippen molar-refractivity contribution in [2.45, 2.75) is 50.4 Å². The third kappa shape index (κ3) is 6.43. The molecule has 2 rings (SSSR count). The Hall–Kier alpha value is -1.20. The molecule has 0 spiro atoms. The van der Waals surface area contributed by atoms with E-state index in [4.69, 9.17) is 4.74 Å². The van der Waals surface area contributed by atoms with Crippen LogP contribution in [0, 0.1) is 0 Å². The monoisotopic (exact) mass is 341 g/mol. The molecule has 3 atom stereocenters. The summed E-state index contributed by atoms with van der Waals surface area (Å²) < 4.78 is 17.8. The maximum absolute atomic E-state index is 12.3. The second-order valence-corrected chi connectivity index (χ2v) is 7.91. The van der Waals surface area contributed by atoms with Crippen LogP contribution in [0.25, 0.3) is 0 Å². The topological polar surface area (TPSA) is 95.9 Å². The second kappa shape index (κ2) is 8.60. The van der Waals surface area contributed by atoms with Gasteiger partial charge >= 0.3 is 5.97 Å². The molecule has 1 aromatic rings. The molecule has 3 N–H and O–H groups in total. The average Bonchev–Trinajstić information content (AvgIpc) is 2.99. The van der Waals surface area contributed by atoms with E-state index in [0.717, 1.165) is 25.9 Å². The Morgan fingerprint density at radius 2 is 2.13 bits per heavy atom. The predicted octanol–water partition coefficient (Wildman–Crippen LogP) is 2.76. The average molecular weight is 341 g/mol. The highest BCUT2D eigenvalue weighted by atomic mass is 31.2. The van der Waals surface area contributed by atoms with Gasteiger partial charge in [0.1, 0.15) is 6.04 Å². The number of aliphatic carboxylic acids is 1. The summed E-state index contributed by atoms with van der Waals surface area (Å²) in [5.41, 5.74) is 0.703. The second-order valence-electron chi connectivity index (χ2n) is 5.93. The fourth-order valence-corrected chi connectivity index (χ4v) is 4.31. The maximum Gasteiger partial charge on any atom is 0.321 e. The minimum atomic E-state index is -3.75. The van der Waals surface area contributed by atoms with E-state index in [1.807, 2.05) is 6.07 Å². The van der Waals surface area contributed by atoms with Gasteiger partial charge in [-0.15, -0.1) is 0 Å². The van der Waals surface area contributed by atoms with Gasteiger partial charge in [-0.2, -0.15) is 0 Å². The number of ether oxygens (including phenoxy) is 1. The fraction of sp³-hybridized carbons (Fsp3) is 0.562. The highest BCUT2D eigenvalue weighted by Crippen LogP contribution is 2.40. The Morgan fingerprint density at radius 1 is 1.39 bits per heavy atom. The van der Waals surface area contributed by atoms with Crippen LogP contribution in [0.3, 0.4) is 0 Å². The summed E-state index contributed by atoms with van der Waals surface area (Å²) in [6.07, 6.45) is 3.94. The number of benzene rings is 1. The summed E-state index contributed by atoms with van der Waals surface area (Å²) in [6, 6.07) is 7.87. The molecule has 0 aromatic heterocycles. The van der Waals surface area contributed by atoms with Crippen LogP contribution in [0.1, 0.15) is 37.7 Å². The number of nitrogens with one attached hydrogen (secondary N) is 1. The summed E-state index contributed by atoms with van der Waals surface area (Å²) in [5, 5.41) is 11.7. The lowest BCUT2D eigenvalue weighted by atomic mass is 10.1. The molecule has 1 aliphatic rings. The van der Waals surface area contributed by atoms with E-state index in [-0.39, 0.29) is 12.3 Å². The molecular weight excluding hydrogens is 317 g/mol. The minimum Gasteiger partial charge on any atom is -0.480 e. The lowest BCUT2D eigenvalue weighted by Crippen LogP contribution is -2.35. The summed E-state index contributed by atoms with van der Waals surface area (Å²) >= 11 is 0. The van der Waals surface area contributed by atoms with E-state index < -0.39 is 19.5 Å². The number of carbonyl (C=O) groups is 1. The smallest absolute Gasteiger partial charge is 0.321 e. The van der Waals surface area contributed by atoms with Crippen molar-refractivity contribution in [2.24, 2.45) is 0 Å². The summed E-state index contributed by atoms with van der Waals surface area (Å²) in [4.78, 5) is 21.4. The molecule has 1 heterocycles. The normalized spacial score (nSPS) is 21.7. The molecule has 3 unspecified atom stereocenters. The maximum atomic E-state index is 12.3. The number of carboxylic acids is 1. The highest BCUT2D eigenvalue weighted by Gasteiger charge is 2.28. The summed E-state index contributed by atoms with van der Waals surface area (Å²) in [6.45, 7) is 0.772. The minimum absolute atomic E-state index is 0.0800. The van der Waals surface area contributed by atoms with Crippen LogP contribution < -0.4 is 5.09 Å². The molecule has 1 saturated heterocycles. The molecule has 1 aromatic carbocycles. The molecule has 0 amide bonds. The van der Waals surface area contributed by atoms with E-state index >= 15 is 0 Å². The molecule has 1 aliphatic heterocycles. The quantitative estimate of drug-likeness (QED) is 0.598. The van der Waals surface area contributed by atoms with Gasteiger partial charge in [-0.3, -0.25) is 9.36 Å². The first-order valence-electron chi connectivity index (χ1n) is 7.94. The van der Waals surface area contributed by atoms with Crippen LogP contribution in [0.15, 0.2) is 30.3 Å². The Morgan fingerprint density at radius 3 is 2.74 bits per heavy atom. The van der Waals surface area contributed by atoms with Gasteiger partial charge in [0.15, 0.2) is 0 Å². The Kier molecular flexibility index (Phi) is 6.78. The van der Waals surface area contributed by atoms with Crippen molar-refractivity contribution in [2.75, 3.05) is 6.61 Å². The largest absolute Gasteiger partial charge is 0.480 e. The van der Waals surface area contributed by atoms with Crippen molar-refractivity contribution >= 4 is 13.5 Å². The van der Waals surface area contributed by atoms with Crippen LogP contribution in [-0.2, 0) is 20.3 Å². The number of hydrogen-bond donors (Lipinski definition) is 3. The molecule has 1 fully saturated rings. The van der Waals surface area contributed by atoms with E-state index in [2.05, 4.69) is 5.09 Å². The van der Waals surface area contributed by atoms with Crippen molar-refractivity contribution in [3.63, 3.8) is 0 Å². The van der Waals surface area contributed by atoms with Gasteiger partial charge in [-0.05, 0) is 37.7 Å². The predicted molar refractivity (Wildman–Crippen MR) is 87.4 cm³/mol. The molecule has 0 aliphatic carbocycles. The highest BCUT2D eigenvalue weighted by molar-refractivity contribution is 7.55. The van der Waals surface area contributed by atoms with Crippen molar-refractivity contribution in [1.82, 2.24) is 5.09 Å². The summed E-state index contributed by atoms with van der Waals surface area (Å²) in [7, 11) is -3.75. The zero-order valence-corrected chi connectivity index (χ0v) is 14.0. The van der Waals surface area contributed by atoms with Crippen molar-refractivity contribution in [3.8, 4) is 0 Å². The fourth-order valence-electron chi connectivity index (χ4n) is 2.78. The van der Waals surface area contributed by atoms with Gasteiger partial charge in [-0.25, -0.2) is 5.09 Å². The number of hydrogen-bond acceptors (Lipinski definition) is 3. The van der Waals surface area contributed by atoms with Gasteiger partial charge in [0.25, 0.3) is 7.52 Å². The molecule has 0 radical (unpaired) electrons. The Bertz CT molecular complexity index is 545. The Balaban J connectivity index is 1.84.